The molecule has 0 N–H and O–H groups in total. The number of ether oxygens (including phenoxy) is 2. The van der Waals surface area contributed by atoms with Crippen LogP contribution in [0.2, 0.25) is 0 Å². The highest BCUT2D eigenvalue weighted by Gasteiger charge is 2.13. The molecule has 1 heterocycles. The topological polar surface area (TPSA) is 78.6 Å². The average molecular weight is 303 g/mol. The first kappa shape index (κ1) is 15.8. The molecule has 0 amide bonds. The number of carbonyl (C=O) groups is 2. The maximum atomic E-state index is 11.8. The quantitative estimate of drug-likeness (QED) is 0.624. The van der Waals surface area contributed by atoms with Crippen LogP contribution in [0.4, 0.5) is 0 Å². The molecule has 6 heteroatoms. The molecule has 116 valence electrons. The third-order valence-corrected chi connectivity index (χ3v) is 3.27. The van der Waals surface area contributed by atoms with Gasteiger partial charge < -0.3 is 14.0 Å². The van der Waals surface area contributed by atoms with Crippen LogP contribution in [-0.2, 0) is 16.0 Å². The summed E-state index contributed by atoms with van der Waals surface area (Å²) in [6.45, 7) is 3.65. The standard InChI is InChI=1S/C16H17NO5/c1-10-14(11(2)22-17-10)8-9-15(18)21-13-6-4-12(5-7-13)16(19)20-3/h4-7H,8-9H2,1-3H3. The van der Waals surface area contributed by atoms with Gasteiger partial charge in [0.15, 0.2) is 0 Å². The summed E-state index contributed by atoms with van der Waals surface area (Å²) in [5.74, 6) is 0.311. The van der Waals surface area contributed by atoms with Gasteiger partial charge in [0.25, 0.3) is 0 Å². The molecule has 0 spiro atoms. The fraction of sp³-hybridized carbons (Fsp3) is 0.312. The number of hydrogen-bond donors (Lipinski definition) is 0. The molecule has 0 aliphatic carbocycles. The number of hydrogen-bond acceptors (Lipinski definition) is 6. The molecule has 22 heavy (non-hydrogen) atoms. The molecule has 0 aliphatic rings. The molecule has 0 radical (unpaired) electrons. The molecular formula is C16H17NO5. The van der Waals surface area contributed by atoms with Gasteiger partial charge >= 0.3 is 11.9 Å². The van der Waals surface area contributed by atoms with Gasteiger partial charge in [0.2, 0.25) is 0 Å². The second-order valence-electron chi connectivity index (χ2n) is 4.79. The zero-order chi connectivity index (χ0) is 16.1. The third-order valence-electron chi connectivity index (χ3n) is 3.27. The van der Waals surface area contributed by atoms with Crippen LogP contribution >= 0.6 is 0 Å². The maximum absolute atomic E-state index is 11.8. The van der Waals surface area contributed by atoms with Gasteiger partial charge in [-0.05, 0) is 44.5 Å². The van der Waals surface area contributed by atoms with Crippen molar-refractivity contribution in [2.24, 2.45) is 0 Å². The Labute approximate surface area is 128 Å². The summed E-state index contributed by atoms with van der Waals surface area (Å²) in [6.07, 6.45) is 0.738. The maximum Gasteiger partial charge on any atom is 0.337 e. The monoisotopic (exact) mass is 303 g/mol. The van der Waals surface area contributed by atoms with Gasteiger partial charge in [-0.1, -0.05) is 5.16 Å². The molecule has 2 aromatic rings. The number of carbonyl (C=O) groups excluding carboxylic acids is 2. The molecule has 0 atom stereocenters. The van der Waals surface area contributed by atoms with E-state index in [2.05, 4.69) is 9.89 Å². The molecule has 1 aromatic heterocycles. The van der Waals surface area contributed by atoms with Crippen LogP contribution in [0, 0.1) is 13.8 Å². The number of aryl methyl sites for hydroxylation is 2. The van der Waals surface area contributed by atoms with E-state index in [9.17, 15) is 9.59 Å². The van der Waals surface area contributed by atoms with Gasteiger partial charge in [-0.3, -0.25) is 4.79 Å². The highest BCUT2D eigenvalue weighted by Crippen LogP contribution is 2.17. The van der Waals surface area contributed by atoms with Gasteiger partial charge in [-0.2, -0.15) is 0 Å². The molecule has 2 rings (SSSR count). The fourth-order valence-corrected chi connectivity index (χ4v) is 2.05. The van der Waals surface area contributed by atoms with E-state index >= 15 is 0 Å². The van der Waals surface area contributed by atoms with Crippen LogP contribution in [0.25, 0.3) is 0 Å². The van der Waals surface area contributed by atoms with Gasteiger partial charge in [-0.25, -0.2) is 4.79 Å². The summed E-state index contributed by atoms with van der Waals surface area (Å²) in [5, 5.41) is 3.84. The minimum absolute atomic E-state index is 0.224. The van der Waals surface area contributed by atoms with E-state index in [1.807, 2.05) is 13.8 Å². The normalized spacial score (nSPS) is 10.3. The lowest BCUT2D eigenvalue weighted by Gasteiger charge is -2.05. The average Bonchev–Trinajstić information content (AvgIpc) is 2.84. The summed E-state index contributed by atoms with van der Waals surface area (Å²) in [6, 6.07) is 6.20. The van der Waals surface area contributed by atoms with Crippen molar-refractivity contribution in [1.29, 1.82) is 0 Å². The van der Waals surface area contributed by atoms with E-state index in [1.54, 1.807) is 24.3 Å². The number of methoxy groups -OCH3 is 1. The lowest BCUT2D eigenvalue weighted by molar-refractivity contribution is -0.134. The Morgan fingerprint density at radius 1 is 1.18 bits per heavy atom. The highest BCUT2D eigenvalue weighted by atomic mass is 16.5. The predicted molar refractivity (Wildman–Crippen MR) is 77.7 cm³/mol. The van der Waals surface area contributed by atoms with Crippen molar-refractivity contribution in [3.8, 4) is 5.75 Å². The van der Waals surface area contributed by atoms with Gasteiger partial charge in [0, 0.05) is 5.56 Å². The van der Waals surface area contributed by atoms with Gasteiger partial charge in [0.1, 0.15) is 11.5 Å². The number of rotatable bonds is 5. The van der Waals surface area contributed by atoms with Gasteiger partial charge in [0.05, 0.1) is 24.8 Å². The molecule has 0 saturated carbocycles. The van der Waals surface area contributed by atoms with Crippen LogP contribution in [-0.4, -0.2) is 24.2 Å². The molecule has 1 aromatic carbocycles. The zero-order valence-corrected chi connectivity index (χ0v) is 12.7. The van der Waals surface area contributed by atoms with Crippen molar-refractivity contribution in [2.45, 2.75) is 26.7 Å². The van der Waals surface area contributed by atoms with E-state index in [-0.39, 0.29) is 12.4 Å². The second-order valence-corrected chi connectivity index (χ2v) is 4.79. The molecule has 6 nitrogen and oxygen atoms in total. The summed E-state index contributed by atoms with van der Waals surface area (Å²) in [7, 11) is 1.31. The van der Waals surface area contributed by atoms with Crippen LogP contribution in [0.15, 0.2) is 28.8 Å². The Morgan fingerprint density at radius 3 is 2.41 bits per heavy atom. The minimum Gasteiger partial charge on any atom is -0.465 e. The largest absolute Gasteiger partial charge is 0.465 e. The Hall–Kier alpha value is -2.63. The Morgan fingerprint density at radius 2 is 1.86 bits per heavy atom. The van der Waals surface area contributed by atoms with Crippen LogP contribution in [0.3, 0.4) is 0 Å². The zero-order valence-electron chi connectivity index (χ0n) is 12.7. The first-order valence-corrected chi connectivity index (χ1v) is 6.82. The highest BCUT2D eigenvalue weighted by molar-refractivity contribution is 5.89. The van der Waals surface area contributed by atoms with Crippen molar-refractivity contribution in [3.63, 3.8) is 0 Å². The fourth-order valence-electron chi connectivity index (χ4n) is 2.05. The van der Waals surface area contributed by atoms with E-state index in [0.717, 1.165) is 11.3 Å². The summed E-state index contributed by atoms with van der Waals surface area (Å²) in [4.78, 5) is 23.1. The lowest BCUT2D eigenvalue weighted by atomic mass is 10.1. The predicted octanol–water partition coefficient (Wildman–Crippen LogP) is 2.62. The SMILES string of the molecule is COC(=O)c1ccc(OC(=O)CCc2c(C)noc2C)cc1. The number of esters is 2. The number of nitrogens with zero attached hydrogens (tertiary/aromatic N) is 1. The minimum atomic E-state index is -0.434. The second kappa shape index (κ2) is 6.89. The summed E-state index contributed by atoms with van der Waals surface area (Å²) >= 11 is 0. The molecular weight excluding hydrogens is 286 g/mol. The molecule has 0 aliphatic heterocycles. The van der Waals surface area contributed by atoms with Crippen molar-refractivity contribution >= 4 is 11.9 Å². The van der Waals surface area contributed by atoms with E-state index in [0.29, 0.717) is 23.5 Å². The van der Waals surface area contributed by atoms with Crippen molar-refractivity contribution in [3.05, 3.63) is 46.8 Å². The Balaban J connectivity index is 1.91. The van der Waals surface area contributed by atoms with Crippen molar-refractivity contribution in [1.82, 2.24) is 5.16 Å². The first-order chi connectivity index (χ1) is 10.5. The van der Waals surface area contributed by atoms with E-state index < -0.39 is 5.97 Å². The summed E-state index contributed by atoms with van der Waals surface area (Å²) in [5.41, 5.74) is 2.11. The molecule has 0 saturated heterocycles. The van der Waals surface area contributed by atoms with Crippen LogP contribution in [0.5, 0.6) is 5.75 Å². The molecule has 0 unspecified atom stereocenters. The Kier molecular flexibility index (Phi) is 4.93. The van der Waals surface area contributed by atoms with Crippen molar-refractivity contribution in [2.75, 3.05) is 7.11 Å². The van der Waals surface area contributed by atoms with E-state index in [4.69, 9.17) is 9.26 Å². The number of aromatic nitrogens is 1. The lowest BCUT2D eigenvalue weighted by Crippen LogP contribution is -2.10. The third kappa shape index (κ3) is 3.72. The summed E-state index contributed by atoms with van der Waals surface area (Å²) < 4.78 is 14.9. The first-order valence-electron chi connectivity index (χ1n) is 6.82. The van der Waals surface area contributed by atoms with Crippen molar-refractivity contribution < 1.29 is 23.6 Å². The van der Waals surface area contributed by atoms with E-state index in [1.165, 1.54) is 7.11 Å². The number of benzene rings is 1. The van der Waals surface area contributed by atoms with Crippen LogP contribution in [0.1, 0.15) is 33.8 Å². The van der Waals surface area contributed by atoms with Crippen LogP contribution < -0.4 is 4.74 Å². The van der Waals surface area contributed by atoms with Gasteiger partial charge in [-0.15, -0.1) is 0 Å². The molecule has 0 bridgehead atoms. The Bertz CT molecular complexity index is 653. The molecule has 0 fully saturated rings. The smallest absolute Gasteiger partial charge is 0.337 e.